The van der Waals surface area contributed by atoms with E-state index in [1.165, 1.54) is 10.3 Å². The number of aromatic nitrogens is 3. The van der Waals surface area contributed by atoms with Crippen LogP contribution in [0.15, 0.2) is 36.0 Å². The molecule has 0 aliphatic carbocycles. The summed E-state index contributed by atoms with van der Waals surface area (Å²) in [6, 6.07) is 8.75. The van der Waals surface area contributed by atoms with Gasteiger partial charge in [0.05, 0.1) is 21.4 Å². The van der Waals surface area contributed by atoms with Crippen molar-refractivity contribution >= 4 is 21.6 Å². The number of thiazole rings is 1. The molecule has 2 aromatic heterocycles. The van der Waals surface area contributed by atoms with Crippen molar-refractivity contribution in [2.45, 2.75) is 51.4 Å². The van der Waals surface area contributed by atoms with Gasteiger partial charge in [-0.25, -0.2) is 4.98 Å². The highest BCUT2D eigenvalue weighted by Gasteiger charge is 2.28. The summed E-state index contributed by atoms with van der Waals surface area (Å²) in [5.41, 5.74) is 5.78. The first kappa shape index (κ1) is 15.2. The largest absolute Gasteiger partial charge is 0.285 e. The first-order chi connectivity index (χ1) is 10.4. The molecule has 1 aromatic carbocycles. The molecule has 0 saturated heterocycles. The number of nitrogens with zero attached hydrogens (tertiary/aromatic N) is 2. The van der Waals surface area contributed by atoms with Crippen LogP contribution in [-0.2, 0) is 10.8 Å². The molecule has 0 fully saturated rings. The van der Waals surface area contributed by atoms with Crippen molar-refractivity contribution in [3.8, 4) is 0 Å². The van der Waals surface area contributed by atoms with Gasteiger partial charge in [-0.15, -0.1) is 11.3 Å². The van der Waals surface area contributed by atoms with E-state index in [0.717, 1.165) is 24.1 Å². The lowest BCUT2D eigenvalue weighted by molar-refractivity contribution is 0.369. The topological polar surface area (TPSA) is 41.6 Å². The van der Waals surface area contributed by atoms with Gasteiger partial charge in [0, 0.05) is 11.6 Å². The van der Waals surface area contributed by atoms with Gasteiger partial charge in [0.1, 0.15) is 0 Å². The van der Waals surface area contributed by atoms with E-state index in [4.69, 9.17) is 0 Å². The van der Waals surface area contributed by atoms with E-state index in [1.807, 2.05) is 11.7 Å². The summed E-state index contributed by atoms with van der Waals surface area (Å²) >= 11 is 1.71. The minimum absolute atomic E-state index is 0.0891. The molecular weight excluding hydrogens is 290 g/mol. The van der Waals surface area contributed by atoms with Gasteiger partial charge in [-0.2, -0.15) is 5.10 Å². The van der Waals surface area contributed by atoms with Gasteiger partial charge < -0.3 is 0 Å². The zero-order valence-electron chi connectivity index (χ0n) is 13.7. The summed E-state index contributed by atoms with van der Waals surface area (Å²) in [5, 5.41) is 7.29. The van der Waals surface area contributed by atoms with E-state index in [0.29, 0.717) is 0 Å². The molecule has 0 radical (unpaired) electrons. The lowest BCUT2D eigenvalue weighted by Crippen LogP contribution is -2.24. The Kier molecular flexibility index (Phi) is 3.81. The highest BCUT2D eigenvalue weighted by molar-refractivity contribution is 7.16. The number of hydrogen-bond acceptors (Lipinski definition) is 3. The summed E-state index contributed by atoms with van der Waals surface area (Å²) < 4.78 is 1.28. The molecule has 3 aromatic rings. The maximum absolute atomic E-state index is 4.37. The van der Waals surface area contributed by atoms with E-state index < -0.39 is 0 Å². The Balaban J connectivity index is 1.78. The van der Waals surface area contributed by atoms with Crippen LogP contribution in [0.5, 0.6) is 0 Å². The number of benzene rings is 1. The van der Waals surface area contributed by atoms with Gasteiger partial charge >= 0.3 is 0 Å². The van der Waals surface area contributed by atoms with E-state index in [9.17, 15) is 0 Å². The molecule has 116 valence electrons. The molecule has 0 unspecified atom stereocenters. The van der Waals surface area contributed by atoms with Crippen molar-refractivity contribution < 1.29 is 0 Å². The van der Waals surface area contributed by atoms with E-state index in [2.05, 4.69) is 67.1 Å². The fourth-order valence-corrected chi connectivity index (χ4v) is 3.53. The van der Waals surface area contributed by atoms with E-state index in [-0.39, 0.29) is 10.8 Å². The third-order valence-corrected chi connectivity index (χ3v) is 5.47. The molecule has 0 spiro atoms. The fraction of sp³-hybridized carbons (Fsp3) is 0.444. The Bertz CT molecular complexity index is 754. The van der Waals surface area contributed by atoms with Crippen LogP contribution in [0.1, 0.15) is 51.8 Å². The molecule has 0 amide bonds. The predicted octanol–water partition coefficient (Wildman–Crippen LogP) is 5.06. The summed E-state index contributed by atoms with van der Waals surface area (Å²) in [5.74, 6) is 0. The Labute approximate surface area is 135 Å². The summed E-state index contributed by atoms with van der Waals surface area (Å²) in [6.45, 7) is 9.20. The second-order valence-corrected chi connectivity index (χ2v) is 8.15. The normalized spacial score (nSPS) is 12.9. The molecule has 3 rings (SSSR count). The smallest absolute Gasteiger partial charge is 0.0812 e. The number of aromatic amines is 1. The first-order valence-electron chi connectivity index (χ1n) is 7.72. The van der Waals surface area contributed by atoms with Crippen LogP contribution in [-0.4, -0.2) is 15.2 Å². The third kappa shape index (κ3) is 2.93. The van der Waals surface area contributed by atoms with Gasteiger partial charge in [-0.3, -0.25) is 5.10 Å². The van der Waals surface area contributed by atoms with Gasteiger partial charge in [-0.05, 0) is 42.0 Å². The van der Waals surface area contributed by atoms with Gasteiger partial charge in [0.25, 0.3) is 0 Å². The lowest BCUT2D eigenvalue weighted by atomic mass is 9.74. The molecule has 0 aliphatic rings. The molecule has 4 heteroatoms. The van der Waals surface area contributed by atoms with E-state index in [1.54, 1.807) is 11.3 Å². The Hall–Kier alpha value is -1.68. The van der Waals surface area contributed by atoms with Gasteiger partial charge in [0.2, 0.25) is 0 Å². The van der Waals surface area contributed by atoms with Crippen LogP contribution in [0.2, 0.25) is 0 Å². The van der Waals surface area contributed by atoms with Crippen molar-refractivity contribution in [2.24, 2.45) is 0 Å². The molecule has 22 heavy (non-hydrogen) atoms. The summed E-state index contributed by atoms with van der Waals surface area (Å²) in [4.78, 5) is 4.37. The van der Waals surface area contributed by atoms with Gasteiger partial charge in [-0.1, -0.05) is 33.8 Å². The second-order valence-electron chi connectivity index (χ2n) is 7.26. The number of fused-ring (bicyclic) bond motifs is 1. The van der Waals surface area contributed by atoms with Gasteiger partial charge in [0.15, 0.2) is 0 Å². The maximum atomic E-state index is 4.37. The highest BCUT2D eigenvalue weighted by Crippen LogP contribution is 2.36. The van der Waals surface area contributed by atoms with Crippen LogP contribution in [0.3, 0.4) is 0 Å². The zero-order valence-corrected chi connectivity index (χ0v) is 14.5. The Morgan fingerprint density at radius 2 is 1.82 bits per heavy atom. The Morgan fingerprint density at radius 3 is 2.55 bits per heavy atom. The van der Waals surface area contributed by atoms with Crippen molar-refractivity contribution in [1.29, 1.82) is 0 Å². The minimum Gasteiger partial charge on any atom is -0.285 e. The van der Waals surface area contributed by atoms with Crippen molar-refractivity contribution in [3.05, 3.63) is 47.2 Å². The van der Waals surface area contributed by atoms with Crippen molar-refractivity contribution in [3.63, 3.8) is 0 Å². The average Bonchev–Trinajstić information content (AvgIpc) is 3.15. The van der Waals surface area contributed by atoms with Crippen LogP contribution >= 0.6 is 11.3 Å². The van der Waals surface area contributed by atoms with Crippen molar-refractivity contribution in [1.82, 2.24) is 15.2 Å². The molecule has 0 atom stereocenters. The monoisotopic (exact) mass is 313 g/mol. The highest BCUT2D eigenvalue weighted by atomic mass is 32.1. The molecule has 0 saturated carbocycles. The predicted molar refractivity (Wildman–Crippen MR) is 93.5 cm³/mol. The number of H-pyrrole nitrogens is 1. The van der Waals surface area contributed by atoms with E-state index >= 15 is 0 Å². The lowest BCUT2D eigenvalue weighted by Gasteiger charge is -2.30. The second kappa shape index (κ2) is 5.51. The zero-order chi connectivity index (χ0) is 15.8. The molecule has 0 bridgehead atoms. The van der Waals surface area contributed by atoms with Crippen LogP contribution in [0.25, 0.3) is 10.2 Å². The number of rotatable bonds is 5. The number of hydrogen-bond donors (Lipinski definition) is 1. The fourth-order valence-electron chi connectivity index (χ4n) is 2.81. The average molecular weight is 313 g/mol. The maximum Gasteiger partial charge on any atom is 0.0812 e. The van der Waals surface area contributed by atoms with Crippen LogP contribution in [0, 0.1) is 0 Å². The standard InChI is InChI=1S/C18H23N3S/c1-17(2,8-9-18(3,4)16-7-10-20-21-16)13-5-6-14-15(11-13)22-12-19-14/h5-7,10-12H,8-9H2,1-4H3,(H,20,21). The molecule has 2 heterocycles. The molecule has 1 N–H and O–H groups in total. The molecule has 3 nitrogen and oxygen atoms in total. The number of nitrogens with one attached hydrogen (secondary N) is 1. The Morgan fingerprint density at radius 1 is 1.05 bits per heavy atom. The summed E-state index contributed by atoms with van der Waals surface area (Å²) in [7, 11) is 0. The minimum atomic E-state index is 0.0891. The molecular formula is C18H23N3S. The third-order valence-electron chi connectivity index (χ3n) is 4.68. The SMILES string of the molecule is CC(C)(CCC(C)(C)c1cc[nH]n1)c1ccc2ncsc2c1. The molecule has 0 aliphatic heterocycles. The first-order valence-corrected chi connectivity index (χ1v) is 8.60. The summed E-state index contributed by atoms with van der Waals surface area (Å²) in [6.07, 6.45) is 4.13. The van der Waals surface area contributed by atoms with Crippen LogP contribution in [0.4, 0.5) is 0 Å². The van der Waals surface area contributed by atoms with Crippen molar-refractivity contribution in [2.75, 3.05) is 0 Å². The quantitative estimate of drug-likeness (QED) is 0.715. The van der Waals surface area contributed by atoms with Crippen LogP contribution < -0.4 is 0 Å².